The molecule has 0 unspecified atom stereocenters. The van der Waals surface area contributed by atoms with Crippen LogP contribution < -0.4 is 16.5 Å². The summed E-state index contributed by atoms with van der Waals surface area (Å²) in [5.41, 5.74) is 2.10. The van der Waals surface area contributed by atoms with E-state index >= 15 is 0 Å². The highest BCUT2D eigenvalue weighted by molar-refractivity contribution is 6.04. The minimum Gasteiger partial charge on any atom is -0.444 e. The Labute approximate surface area is 164 Å². The van der Waals surface area contributed by atoms with E-state index in [2.05, 4.69) is 15.5 Å². The van der Waals surface area contributed by atoms with E-state index in [0.29, 0.717) is 18.0 Å². The molecular weight excluding hydrogens is 358 g/mol. The van der Waals surface area contributed by atoms with Crippen molar-refractivity contribution in [2.45, 2.75) is 33.0 Å². The fraction of sp³-hybridized carbons (Fsp3) is 0.238. The van der Waals surface area contributed by atoms with Gasteiger partial charge in [-0.3, -0.25) is 14.9 Å². The number of nitrogens with one attached hydrogen (secondary N) is 2. The van der Waals surface area contributed by atoms with Crippen molar-refractivity contribution in [3.05, 3.63) is 65.7 Å². The molecule has 2 aromatic rings. The first-order valence-corrected chi connectivity index (χ1v) is 8.75. The highest BCUT2D eigenvalue weighted by atomic mass is 16.6. The second kappa shape index (κ2) is 9.68. The number of nitrogens with two attached hydrogens (primary N) is 1. The van der Waals surface area contributed by atoms with Gasteiger partial charge >= 0.3 is 6.09 Å². The van der Waals surface area contributed by atoms with Crippen LogP contribution >= 0.6 is 0 Å². The van der Waals surface area contributed by atoms with E-state index in [0.717, 1.165) is 11.1 Å². The Morgan fingerprint density at radius 3 is 2.18 bits per heavy atom. The SMILES string of the molecule is CC(C)(C)OC(=O)Nc1ccccc1NC(=O)/C=C/c1ccc(CON)cc1. The van der Waals surface area contributed by atoms with Crippen LogP contribution in [0.2, 0.25) is 0 Å². The van der Waals surface area contributed by atoms with Gasteiger partial charge in [0, 0.05) is 6.08 Å². The highest BCUT2D eigenvalue weighted by Crippen LogP contribution is 2.22. The smallest absolute Gasteiger partial charge is 0.412 e. The van der Waals surface area contributed by atoms with E-state index in [-0.39, 0.29) is 5.91 Å². The maximum absolute atomic E-state index is 12.2. The molecule has 0 atom stereocenters. The van der Waals surface area contributed by atoms with Crippen LogP contribution in [0, 0.1) is 0 Å². The number of carbonyl (C=O) groups excluding carboxylic acids is 2. The van der Waals surface area contributed by atoms with Crippen LogP contribution in [0.4, 0.5) is 16.2 Å². The fourth-order valence-electron chi connectivity index (χ4n) is 2.28. The molecule has 4 N–H and O–H groups in total. The van der Waals surface area contributed by atoms with Crippen LogP contribution in [0.3, 0.4) is 0 Å². The van der Waals surface area contributed by atoms with Gasteiger partial charge in [0.05, 0.1) is 18.0 Å². The number of ether oxygens (including phenoxy) is 1. The average Bonchev–Trinajstić information content (AvgIpc) is 2.61. The first-order valence-electron chi connectivity index (χ1n) is 8.75. The van der Waals surface area contributed by atoms with Gasteiger partial charge in [-0.2, -0.15) is 0 Å². The number of amides is 2. The highest BCUT2D eigenvalue weighted by Gasteiger charge is 2.17. The molecule has 0 fully saturated rings. The van der Waals surface area contributed by atoms with Crippen LogP contribution in [-0.4, -0.2) is 17.6 Å². The molecule has 0 aliphatic rings. The minimum atomic E-state index is -0.614. The Hall–Kier alpha value is -3.16. The summed E-state index contributed by atoms with van der Waals surface area (Å²) >= 11 is 0. The predicted octanol–water partition coefficient (Wildman–Crippen LogP) is 4.08. The maximum atomic E-state index is 12.2. The number of rotatable bonds is 6. The molecule has 2 rings (SSSR count). The molecule has 0 heterocycles. The summed E-state index contributed by atoms with van der Waals surface area (Å²) in [4.78, 5) is 28.8. The van der Waals surface area contributed by atoms with Crippen LogP contribution in [0.25, 0.3) is 6.08 Å². The fourth-order valence-corrected chi connectivity index (χ4v) is 2.28. The zero-order valence-corrected chi connectivity index (χ0v) is 16.2. The van der Waals surface area contributed by atoms with Gasteiger partial charge < -0.3 is 10.1 Å². The summed E-state index contributed by atoms with van der Waals surface area (Å²) in [6.45, 7) is 5.66. The van der Waals surface area contributed by atoms with Crippen molar-refractivity contribution in [3.63, 3.8) is 0 Å². The quantitative estimate of drug-likeness (QED) is 0.515. The molecule has 2 aromatic carbocycles. The van der Waals surface area contributed by atoms with E-state index in [4.69, 9.17) is 10.6 Å². The molecule has 0 saturated heterocycles. The van der Waals surface area contributed by atoms with Gasteiger partial charge in [0.25, 0.3) is 0 Å². The van der Waals surface area contributed by atoms with Gasteiger partial charge in [-0.25, -0.2) is 10.7 Å². The van der Waals surface area contributed by atoms with Crippen molar-refractivity contribution in [3.8, 4) is 0 Å². The van der Waals surface area contributed by atoms with E-state index in [1.165, 1.54) is 6.08 Å². The second-order valence-electron chi connectivity index (χ2n) is 7.05. The Bertz CT molecular complexity index is 839. The zero-order valence-electron chi connectivity index (χ0n) is 16.2. The Kier molecular flexibility index (Phi) is 7.31. The molecule has 0 aliphatic heterocycles. The average molecular weight is 383 g/mol. The summed E-state index contributed by atoms with van der Waals surface area (Å²) < 4.78 is 5.24. The molecule has 0 saturated carbocycles. The lowest BCUT2D eigenvalue weighted by molar-refractivity contribution is -0.111. The van der Waals surface area contributed by atoms with Crippen molar-refractivity contribution < 1.29 is 19.2 Å². The number of hydrogen-bond acceptors (Lipinski definition) is 5. The molecule has 28 heavy (non-hydrogen) atoms. The third-order valence-corrected chi connectivity index (χ3v) is 3.48. The molecular formula is C21H25N3O4. The molecule has 7 heteroatoms. The Balaban J connectivity index is 2.00. The zero-order chi connectivity index (χ0) is 20.6. The van der Waals surface area contributed by atoms with Gasteiger partial charge in [0.15, 0.2) is 0 Å². The molecule has 2 amide bonds. The van der Waals surface area contributed by atoms with Crippen molar-refractivity contribution >= 4 is 29.5 Å². The van der Waals surface area contributed by atoms with Gasteiger partial charge in [-0.1, -0.05) is 36.4 Å². The summed E-state index contributed by atoms with van der Waals surface area (Å²) in [6, 6.07) is 14.3. The molecule has 148 valence electrons. The standard InChI is InChI=1S/C21H25N3O4/c1-21(2,3)28-20(26)24-18-7-5-4-6-17(18)23-19(25)13-12-15-8-10-16(11-9-15)14-27-22/h4-13H,14,22H2,1-3H3,(H,23,25)(H,24,26)/b13-12+. The lowest BCUT2D eigenvalue weighted by atomic mass is 10.1. The normalized spacial score (nSPS) is 11.3. The van der Waals surface area contributed by atoms with E-state index in [1.807, 2.05) is 24.3 Å². The monoisotopic (exact) mass is 383 g/mol. The van der Waals surface area contributed by atoms with Crippen molar-refractivity contribution in [2.24, 2.45) is 5.90 Å². The number of carbonyl (C=O) groups is 2. The Morgan fingerprint density at radius 1 is 1.00 bits per heavy atom. The van der Waals surface area contributed by atoms with Gasteiger partial charge in [-0.15, -0.1) is 0 Å². The van der Waals surface area contributed by atoms with E-state index in [9.17, 15) is 9.59 Å². The van der Waals surface area contributed by atoms with Crippen LogP contribution in [0.15, 0.2) is 54.6 Å². The molecule has 0 aliphatic carbocycles. The van der Waals surface area contributed by atoms with Crippen molar-refractivity contribution in [1.82, 2.24) is 0 Å². The number of para-hydroxylation sites is 2. The van der Waals surface area contributed by atoms with Crippen LogP contribution in [0.5, 0.6) is 0 Å². The van der Waals surface area contributed by atoms with Crippen molar-refractivity contribution in [1.29, 1.82) is 0 Å². The van der Waals surface area contributed by atoms with E-state index in [1.54, 1.807) is 51.1 Å². The summed E-state index contributed by atoms with van der Waals surface area (Å²) in [7, 11) is 0. The first kappa shape index (κ1) is 21.1. The van der Waals surface area contributed by atoms with Crippen LogP contribution in [-0.2, 0) is 21.0 Å². The minimum absolute atomic E-state index is 0.325. The molecule has 0 bridgehead atoms. The lowest BCUT2D eigenvalue weighted by Crippen LogP contribution is -2.27. The third-order valence-electron chi connectivity index (χ3n) is 3.48. The first-order chi connectivity index (χ1) is 13.3. The molecule has 0 radical (unpaired) electrons. The van der Waals surface area contributed by atoms with E-state index < -0.39 is 11.7 Å². The third kappa shape index (κ3) is 7.22. The topological polar surface area (TPSA) is 103 Å². The van der Waals surface area contributed by atoms with Crippen LogP contribution in [0.1, 0.15) is 31.9 Å². The summed E-state index contributed by atoms with van der Waals surface area (Å²) in [5.74, 6) is 4.72. The number of benzene rings is 2. The summed E-state index contributed by atoms with van der Waals surface area (Å²) in [6.07, 6.45) is 2.51. The number of hydrogen-bond donors (Lipinski definition) is 3. The molecule has 0 spiro atoms. The lowest BCUT2D eigenvalue weighted by Gasteiger charge is -2.20. The van der Waals surface area contributed by atoms with Crippen molar-refractivity contribution in [2.75, 3.05) is 10.6 Å². The van der Waals surface area contributed by atoms with Gasteiger partial charge in [0.1, 0.15) is 5.60 Å². The summed E-state index contributed by atoms with van der Waals surface area (Å²) in [5, 5.41) is 5.39. The van der Waals surface area contributed by atoms with Gasteiger partial charge in [0.2, 0.25) is 5.91 Å². The Morgan fingerprint density at radius 2 is 1.61 bits per heavy atom. The molecule has 0 aromatic heterocycles. The number of anilines is 2. The predicted molar refractivity (Wildman–Crippen MR) is 109 cm³/mol. The second-order valence-corrected chi connectivity index (χ2v) is 7.05. The maximum Gasteiger partial charge on any atom is 0.412 e. The largest absolute Gasteiger partial charge is 0.444 e. The van der Waals surface area contributed by atoms with Gasteiger partial charge in [-0.05, 0) is 50.1 Å². The molecule has 7 nitrogen and oxygen atoms in total.